The van der Waals surface area contributed by atoms with Crippen molar-refractivity contribution in [2.75, 3.05) is 39.2 Å². The minimum atomic E-state index is -1.76. The van der Waals surface area contributed by atoms with Crippen molar-refractivity contribution in [2.45, 2.75) is 36.3 Å². The molecule has 1 unspecified atom stereocenters. The van der Waals surface area contributed by atoms with E-state index in [0.29, 0.717) is 18.1 Å². The van der Waals surface area contributed by atoms with Crippen molar-refractivity contribution in [2.24, 2.45) is 17.6 Å². The number of hydrogen-bond acceptors (Lipinski definition) is 10. The number of allylic oxidation sites excluding steroid dienone is 1. The highest BCUT2D eigenvalue weighted by molar-refractivity contribution is 7.98. The molecule has 3 saturated heterocycles. The van der Waals surface area contributed by atoms with E-state index in [4.69, 9.17) is 24.7 Å². The first kappa shape index (κ1) is 25.4. The number of Topliss-reactive ketones (excluding diaryl/α,β-unsaturated/α-hetero) is 2. The number of carbonyl (C=O) groups excluding carboxylic acids is 4. The Morgan fingerprint density at radius 2 is 1.87 bits per heavy atom. The lowest BCUT2D eigenvalue weighted by atomic mass is 9.76. The van der Waals surface area contributed by atoms with Crippen LogP contribution in [0.5, 0.6) is 0 Å². The molecule has 6 rings (SSSR count). The number of thioether (sulfide) groups is 1. The number of nitrogens with zero attached hydrogens (tertiary/aromatic N) is 2. The van der Waals surface area contributed by atoms with E-state index in [1.807, 2.05) is 30.3 Å². The van der Waals surface area contributed by atoms with Crippen molar-refractivity contribution in [1.82, 2.24) is 9.80 Å². The number of rotatable bonds is 7. The molecule has 0 bridgehead atoms. The normalized spacial score (nSPS) is 32.5. The molecule has 1 aliphatic carbocycles. The average Bonchev–Trinajstić information content (AvgIpc) is 3.18. The van der Waals surface area contributed by atoms with Crippen molar-refractivity contribution in [3.8, 4) is 0 Å². The van der Waals surface area contributed by atoms with E-state index in [1.54, 1.807) is 9.80 Å². The Bertz CT molecular complexity index is 1230. The van der Waals surface area contributed by atoms with Gasteiger partial charge in [-0.05, 0) is 5.56 Å². The van der Waals surface area contributed by atoms with Crippen molar-refractivity contribution >= 4 is 35.3 Å². The second-order valence-electron chi connectivity index (χ2n) is 10.1. The van der Waals surface area contributed by atoms with Crippen LogP contribution in [-0.2, 0) is 39.1 Å². The zero-order chi connectivity index (χ0) is 26.8. The minimum Gasteiger partial charge on any atom is -0.449 e. The molecule has 12 heteroatoms. The lowest BCUT2D eigenvalue weighted by molar-refractivity contribution is -0.197. The first-order chi connectivity index (χ1) is 18.3. The lowest BCUT2D eigenvalue weighted by Gasteiger charge is -2.41. The van der Waals surface area contributed by atoms with Gasteiger partial charge in [0.1, 0.15) is 12.6 Å². The molecule has 11 nitrogen and oxygen atoms in total. The van der Waals surface area contributed by atoms with Gasteiger partial charge < -0.3 is 34.5 Å². The Kier molecular flexibility index (Phi) is 6.06. The van der Waals surface area contributed by atoms with Crippen LogP contribution in [0.2, 0.25) is 0 Å². The predicted molar refractivity (Wildman–Crippen MR) is 133 cm³/mol. The molecule has 0 aromatic heterocycles. The number of carbonyl (C=O) groups is 4. The second-order valence-corrected chi connectivity index (χ2v) is 11.1. The van der Waals surface area contributed by atoms with Gasteiger partial charge in [0, 0.05) is 37.7 Å². The summed E-state index contributed by atoms with van der Waals surface area (Å²) in [5.41, 5.74) is 5.51. The van der Waals surface area contributed by atoms with Crippen molar-refractivity contribution in [3.63, 3.8) is 0 Å². The van der Waals surface area contributed by atoms with Gasteiger partial charge >= 0.3 is 6.09 Å². The van der Waals surface area contributed by atoms with Gasteiger partial charge in [-0.1, -0.05) is 30.3 Å². The summed E-state index contributed by atoms with van der Waals surface area (Å²) in [5, 5.41) is 0. The van der Waals surface area contributed by atoms with Crippen LogP contribution < -0.4 is 5.73 Å². The van der Waals surface area contributed by atoms with Gasteiger partial charge in [0.15, 0.2) is 11.5 Å². The Balaban J connectivity index is 1.39. The molecule has 5 aliphatic rings. The van der Waals surface area contributed by atoms with Gasteiger partial charge in [-0.2, -0.15) is 11.8 Å². The number of nitrogens with two attached hydrogens (primary N) is 1. The van der Waals surface area contributed by atoms with Crippen LogP contribution >= 0.6 is 11.8 Å². The van der Waals surface area contributed by atoms with E-state index >= 15 is 0 Å². The number of amides is 2. The smallest absolute Gasteiger partial charge is 0.404 e. The number of primary amides is 1. The summed E-state index contributed by atoms with van der Waals surface area (Å²) in [6.45, 7) is 1.84. The highest BCUT2D eigenvalue weighted by Gasteiger charge is 2.79. The van der Waals surface area contributed by atoms with Crippen LogP contribution in [0, 0.1) is 11.8 Å². The molecule has 38 heavy (non-hydrogen) atoms. The van der Waals surface area contributed by atoms with Crippen LogP contribution in [0.4, 0.5) is 4.79 Å². The molecule has 2 amide bonds. The molecule has 3 fully saturated rings. The molecule has 1 spiro atoms. The number of ether oxygens (including phenoxy) is 4. The van der Waals surface area contributed by atoms with Gasteiger partial charge in [0.05, 0.1) is 36.8 Å². The summed E-state index contributed by atoms with van der Waals surface area (Å²) in [7, 11) is 1.47. The number of piperazine rings is 1. The number of fused-ring (bicyclic) bond motifs is 4. The average molecular weight is 544 g/mol. The van der Waals surface area contributed by atoms with Gasteiger partial charge in [-0.15, -0.1) is 0 Å². The summed E-state index contributed by atoms with van der Waals surface area (Å²) < 4.78 is 23.2. The highest BCUT2D eigenvalue weighted by Crippen LogP contribution is 2.61. The monoisotopic (exact) mass is 543 g/mol. The van der Waals surface area contributed by atoms with Crippen LogP contribution in [0.25, 0.3) is 0 Å². The molecule has 0 radical (unpaired) electrons. The standard InChI is InChI=1S/C26H29N3O8S/c1-14(30)29-18-10-28-20-19(16(11-35-24(27)33)25(28,34-2)22(18)29)23(32)26(36-8-9-37-26)17(21(20)31)13-38-12-15-6-4-3-5-7-15/h3-7,16-18,22H,8-13H2,1-2H3,(H2,27,33)/t16-,17?,18+,22+,25-,29?/m1/s1. The molecule has 5 atom stereocenters. The van der Waals surface area contributed by atoms with Crippen LogP contribution in [-0.4, -0.2) is 96.2 Å². The minimum absolute atomic E-state index is 0.137. The second kappa shape index (κ2) is 9.08. The van der Waals surface area contributed by atoms with E-state index in [0.717, 1.165) is 5.56 Å². The van der Waals surface area contributed by atoms with Crippen LogP contribution in [0.3, 0.4) is 0 Å². The largest absolute Gasteiger partial charge is 0.449 e. The molecule has 4 aliphatic heterocycles. The molecule has 1 aromatic carbocycles. The molecular weight excluding hydrogens is 514 g/mol. The fourth-order valence-electron chi connectivity index (χ4n) is 6.81. The van der Waals surface area contributed by atoms with Crippen LogP contribution in [0.1, 0.15) is 12.5 Å². The number of methoxy groups -OCH3 is 1. The van der Waals surface area contributed by atoms with E-state index in [2.05, 4.69) is 0 Å². The van der Waals surface area contributed by atoms with Crippen LogP contribution in [0.15, 0.2) is 41.6 Å². The van der Waals surface area contributed by atoms with E-state index in [9.17, 15) is 19.2 Å². The summed E-state index contributed by atoms with van der Waals surface area (Å²) >= 11 is 1.53. The van der Waals surface area contributed by atoms with Gasteiger partial charge in [0.25, 0.3) is 0 Å². The Morgan fingerprint density at radius 3 is 2.50 bits per heavy atom. The summed E-state index contributed by atoms with van der Waals surface area (Å²) in [5.74, 6) is -3.43. The summed E-state index contributed by atoms with van der Waals surface area (Å²) in [6.07, 6.45) is -1.02. The Morgan fingerprint density at radius 1 is 1.16 bits per heavy atom. The molecule has 202 valence electrons. The third-order valence-electron chi connectivity index (χ3n) is 8.28. The quantitative estimate of drug-likeness (QED) is 0.489. The fourth-order valence-corrected chi connectivity index (χ4v) is 7.96. The highest BCUT2D eigenvalue weighted by atomic mass is 32.2. The number of hydrogen-bond donors (Lipinski definition) is 1. The van der Waals surface area contributed by atoms with E-state index in [1.165, 1.54) is 25.8 Å². The lowest BCUT2D eigenvalue weighted by Crippen LogP contribution is -2.56. The molecular formula is C26H29N3O8S. The maximum atomic E-state index is 14.3. The van der Waals surface area contributed by atoms with Gasteiger partial charge in [-0.25, -0.2) is 4.79 Å². The number of benzene rings is 1. The number of ketones is 2. The molecule has 0 saturated carbocycles. The van der Waals surface area contributed by atoms with E-state index in [-0.39, 0.29) is 48.8 Å². The Hall–Kier alpha value is -2.93. The first-order valence-electron chi connectivity index (χ1n) is 12.5. The zero-order valence-electron chi connectivity index (χ0n) is 21.1. The molecule has 2 N–H and O–H groups in total. The first-order valence-corrected chi connectivity index (χ1v) is 13.7. The fraction of sp³-hybridized carbons (Fsp3) is 0.538. The molecule has 4 heterocycles. The SMILES string of the molecule is CO[C@@]12[C@H](COC(N)=O)C3=C(C(=O)C(CSCc4ccccc4)C4(OCCO4)C3=O)N1C[C@H]1[C@@H]2N1C(C)=O. The van der Waals surface area contributed by atoms with E-state index < -0.39 is 41.3 Å². The molecule has 1 aromatic rings. The Labute approximate surface area is 223 Å². The van der Waals surface area contributed by atoms with Crippen molar-refractivity contribution in [1.29, 1.82) is 0 Å². The summed E-state index contributed by atoms with van der Waals surface area (Å²) in [6, 6.07) is 9.26. The van der Waals surface area contributed by atoms with Crippen molar-refractivity contribution < 1.29 is 38.1 Å². The summed E-state index contributed by atoms with van der Waals surface area (Å²) in [4.78, 5) is 56.0. The third kappa shape index (κ3) is 3.40. The van der Waals surface area contributed by atoms with Crippen molar-refractivity contribution in [3.05, 3.63) is 47.2 Å². The topological polar surface area (TPSA) is 137 Å². The predicted octanol–water partition coefficient (Wildman–Crippen LogP) is 0.668. The zero-order valence-corrected chi connectivity index (χ0v) is 21.9. The third-order valence-corrected chi connectivity index (χ3v) is 9.39. The maximum Gasteiger partial charge on any atom is 0.404 e. The van der Waals surface area contributed by atoms with Gasteiger partial charge in [0.2, 0.25) is 17.5 Å². The maximum absolute atomic E-state index is 14.3. The van der Waals surface area contributed by atoms with Gasteiger partial charge in [-0.3, -0.25) is 14.4 Å².